The lowest BCUT2D eigenvalue weighted by Crippen LogP contribution is -2.56. The van der Waals surface area contributed by atoms with Gasteiger partial charge in [0.15, 0.2) is 0 Å². The van der Waals surface area contributed by atoms with Gasteiger partial charge in [-0.15, -0.1) is 0 Å². The van der Waals surface area contributed by atoms with E-state index in [1.54, 1.807) is 11.3 Å². The SMILES string of the molecule is CC(C)(CNC(=O)NCc1ccsc1)N1CCOCC1. The van der Waals surface area contributed by atoms with Crippen LogP contribution >= 0.6 is 11.3 Å². The van der Waals surface area contributed by atoms with E-state index in [-0.39, 0.29) is 11.6 Å². The lowest BCUT2D eigenvalue weighted by Gasteiger charge is -2.40. The second-order valence-electron chi connectivity index (χ2n) is 5.58. The molecule has 2 rings (SSSR count). The van der Waals surface area contributed by atoms with Crippen molar-refractivity contribution in [2.24, 2.45) is 0 Å². The Labute approximate surface area is 124 Å². The number of amides is 2. The maximum absolute atomic E-state index is 11.8. The molecule has 6 heteroatoms. The molecule has 0 unspecified atom stereocenters. The number of urea groups is 1. The normalized spacial score (nSPS) is 16.9. The zero-order valence-corrected chi connectivity index (χ0v) is 13.0. The maximum atomic E-state index is 11.8. The summed E-state index contributed by atoms with van der Waals surface area (Å²) in [4.78, 5) is 14.2. The van der Waals surface area contributed by atoms with Crippen molar-refractivity contribution < 1.29 is 9.53 Å². The first-order valence-electron chi connectivity index (χ1n) is 6.93. The minimum Gasteiger partial charge on any atom is -0.379 e. The molecular formula is C14H23N3O2S. The molecule has 112 valence electrons. The molecule has 1 aromatic heterocycles. The van der Waals surface area contributed by atoms with Crippen LogP contribution in [-0.2, 0) is 11.3 Å². The number of carbonyl (C=O) groups excluding carboxylic acids is 1. The van der Waals surface area contributed by atoms with Crippen LogP contribution in [-0.4, -0.2) is 49.3 Å². The number of nitrogens with one attached hydrogen (secondary N) is 2. The van der Waals surface area contributed by atoms with Gasteiger partial charge in [0.2, 0.25) is 0 Å². The summed E-state index contributed by atoms with van der Waals surface area (Å²) in [5.74, 6) is 0. The van der Waals surface area contributed by atoms with Gasteiger partial charge in [-0.25, -0.2) is 4.79 Å². The zero-order chi connectivity index (χ0) is 14.4. The molecule has 2 heterocycles. The van der Waals surface area contributed by atoms with Crippen molar-refractivity contribution in [1.82, 2.24) is 15.5 Å². The van der Waals surface area contributed by atoms with E-state index < -0.39 is 0 Å². The fourth-order valence-electron chi connectivity index (χ4n) is 2.22. The van der Waals surface area contributed by atoms with Gasteiger partial charge in [-0.2, -0.15) is 11.3 Å². The first-order valence-corrected chi connectivity index (χ1v) is 7.88. The number of rotatable bonds is 5. The third kappa shape index (κ3) is 4.47. The Balaban J connectivity index is 1.71. The molecule has 20 heavy (non-hydrogen) atoms. The van der Waals surface area contributed by atoms with Crippen LogP contribution in [0.2, 0.25) is 0 Å². The molecule has 0 aromatic carbocycles. The monoisotopic (exact) mass is 297 g/mol. The molecule has 1 saturated heterocycles. The van der Waals surface area contributed by atoms with Gasteiger partial charge in [0.05, 0.1) is 13.2 Å². The van der Waals surface area contributed by atoms with Crippen LogP contribution in [0.15, 0.2) is 16.8 Å². The first-order chi connectivity index (χ1) is 9.58. The molecule has 0 bridgehead atoms. The molecule has 0 radical (unpaired) electrons. The zero-order valence-electron chi connectivity index (χ0n) is 12.1. The van der Waals surface area contributed by atoms with E-state index >= 15 is 0 Å². The predicted octanol–water partition coefficient (Wildman–Crippen LogP) is 1.66. The number of carbonyl (C=O) groups is 1. The van der Waals surface area contributed by atoms with Crippen LogP contribution in [0.3, 0.4) is 0 Å². The average Bonchev–Trinajstić information content (AvgIpc) is 2.97. The topological polar surface area (TPSA) is 53.6 Å². The number of morpholine rings is 1. The average molecular weight is 297 g/mol. The Morgan fingerprint density at radius 3 is 2.80 bits per heavy atom. The molecular weight excluding hydrogens is 274 g/mol. The number of thiophene rings is 1. The minimum absolute atomic E-state index is 0.0521. The molecule has 1 aromatic rings. The predicted molar refractivity (Wildman–Crippen MR) is 81.0 cm³/mol. The van der Waals surface area contributed by atoms with Crippen LogP contribution < -0.4 is 10.6 Å². The van der Waals surface area contributed by atoms with Gasteiger partial charge in [-0.05, 0) is 36.2 Å². The van der Waals surface area contributed by atoms with Crippen molar-refractivity contribution in [3.8, 4) is 0 Å². The van der Waals surface area contributed by atoms with E-state index in [2.05, 4.69) is 29.4 Å². The van der Waals surface area contributed by atoms with Gasteiger partial charge in [0.25, 0.3) is 0 Å². The number of nitrogens with zero attached hydrogens (tertiary/aromatic N) is 1. The highest BCUT2D eigenvalue weighted by atomic mass is 32.1. The largest absolute Gasteiger partial charge is 0.379 e. The summed E-state index contributed by atoms with van der Waals surface area (Å²) in [5.41, 5.74) is 1.08. The summed E-state index contributed by atoms with van der Waals surface area (Å²) >= 11 is 1.64. The molecule has 1 fully saturated rings. The molecule has 1 aliphatic heterocycles. The van der Waals surface area contributed by atoms with Crippen molar-refractivity contribution in [3.05, 3.63) is 22.4 Å². The van der Waals surface area contributed by atoms with E-state index in [4.69, 9.17) is 4.74 Å². The third-order valence-corrected chi connectivity index (χ3v) is 4.31. The van der Waals surface area contributed by atoms with Crippen LogP contribution in [0.1, 0.15) is 19.4 Å². The van der Waals surface area contributed by atoms with E-state index in [1.165, 1.54) is 0 Å². The molecule has 0 spiro atoms. The van der Waals surface area contributed by atoms with E-state index in [0.717, 1.165) is 31.9 Å². The van der Waals surface area contributed by atoms with Gasteiger partial charge >= 0.3 is 6.03 Å². The maximum Gasteiger partial charge on any atom is 0.315 e. The number of ether oxygens (including phenoxy) is 1. The van der Waals surface area contributed by atoms with Gasteiger partial charge in [0, 0.05) is 31.7 Å². The van der Waals surface area contributed by atoms with Crippen LogP contribution in [0, 0.1) is 0 Å². The number of hydrogen-bond acceptors (Lipinski definition) is 4. The summed E-state index contributed by atoms with van der Waals surface area (Å²) in [6, 6.07) is 1.90. The molecule has 0 aliphatic carbocycles. The fraction of sp³-hybridized carbons (Fsp3) is 0.643. The highest BCUT2D eigenvalue weighted by Crippen LogP contribution is 2.15. The van der Waals surface area contributed by atoms with Crippen LogP contribution in [0.4, 0.5) is 4.79 Å². The van der Waals surface area contributed by atoms with E-state index in [0.29, 0.717) is 13.1 Å². The van der Waals surface area contributed by atoms with E-state index in [1.807, 2.05) is 16.8 Å². The Bertz CT molecular complexity index is 414. The molecule has 0 saturated carbocycles. The summed E-state index contributed by atoms with van der Waals surface area (Å²) in [6.07, 6.45) is 0. The Morgan fingerprint density at radius 2 is 2.15 bits per heavy atom. The second-order valence-corrected chi connectivity index (χ2v) is 6.36. The summed E-state index contributed by atoms with van der Waals surface area (Å²) in [6.45, 7) is 8.89. The van der Waals surface area contributed by atoms with Crippen LogP contribution in [0.25, 0.3) is 0 Å². The molecule has 1 aliphatic rings. The fourth-order valence-corrected chi connectivity index (χ4v) is 2.88. The van der Waals surface area contributed by atoms with Crippen molar-refractivity contribution in [1.29, 1.82) is 0 Å². The first kappa shape index (κ1) is 15.3. The Kier molecular flexibility index (Phi) is 5.39. The van der Waals surface area contributed by atoms with Gasteiger partial charge < -0.3 is 15.4 Å². The van der Waals surface area contributed by atoms with Crippen molar-refractivity contribution in [2.75, 3.05) is 32.8 Å². The molecule has 0 atom stereocenters. The van der Waals surface area contributed by atoms with Crippen molar-refractivity contribution in [3.63, 3.8) is 0 Å². The van der Waals surface area contributed by atoms with E-state index in [9.17, 15) is 4.79 Å². The number of hydrogen-bond donors (Lipinski definition) is 2. The van der Waals surface area contributed by atoms with Crippen molar-refractivity contribution in [2.45, 2.75) is 25.9 Å². The highest BCUT2D eigenvalue weighted by molar-refractivity contribution is 7.07. The lowest BCUT2D eigenvalue weighted by atomic mass is 10.0. The quantitative estimate of drug-likeness (QED) is 0.869. The van der Waals surface area contributed by atoms with Gasteiger partial charge in [-0.3, -0.25) is 4.90 Å². The smallest absolute Gasteiger partial charge is 0.315 e. The third-order valence-electron chi connectivity index (χ3n) is 3.58. The highest BCUT2D eigenvalue weighted by Gasteiger charge is 2.28. The summed E-state index contributed by atoms with van der Waals surface area (Å²) in [7, 11) is 0. The molecule has 5 nitrogen and oxygen atoms in total. The molecule has 2 N–H and O–H groups in total. The summed E-state index contributed by atoms with van der Waals surface area (Å²) < 4.78 is 5.36. The Morgan fingerprint density at radius 1 is 1.40 bits per heavy atom. The lowest BCUT2D eigenvalue weighted by molar-refractivity contribution is -0.00874. The minimum atomic E-state index is -0.113. The van der Waals surface area contributed by atoms with Crippen LogP contribution in [0.5, 0.6) is 0 Å². The van der Waals surface area contributed by atoms with Gasteiger partial charge in [0.1, 0.15) is 0 Å². The Hall–Kier alpha value is -1.11. The standard InChI is InChI=1S/C14H23N3O2S/c1-14(2,17-4-6-19-7-5-17)11-16-13(18)15-9-12-3-8-20-10-12/h3,8,10H,4-7,9,11H2,1-2H3,(H2,15,16,18). The van der Waals surface area contributed by atoms with Crippen molar-refractivity contribution >= 4 is 17.4 Å². The molecule has 2 amide bonds. The summed E-state index contributed by atoms with van der Waals surface area (Å²) in [5, 5.41) is 9.88. The van der Waals surface area contributed by atoms with Gasteiger partial charge in [-0.1, -0.05) is 0 Å². The second kappa shape index (κ2) is 7.06.